The molecule has 0 radical (unpaired) electrons. The van der Waals surface area contributed by atoms with E-state index in [1.54, 1.807) is 7.11 Å². The molecule has 0 saturated carbocycles. The predicted molar refractivity (Wildman–Crippen MR) is 93.3 cm³/mol. The van der Waals surface area contributed by atoms with Crippen molar-refractivity contribution < 1.29 is 9.53 Å². The molecule has 1 saturated heterocycles. The van der Waals surface area contributed by atoms with E-state index < -0.39 is 0 Å². The summed E-state index contributed by atoms with van der Waals surface area (Å²) in [7, 11) is 1.65. The molecule has 0 spiro atoms. The highest BCUT2D eigenvalue weighted by Gasteiger charge is 2.43. The number of hydrogen-bond acceptors (Lipinski definition) is 4. The largest absolute Gasteiger partial charge is 0.497 e. The van der Waals surface area contributed by atoms with Crippen LogP contribution in [0.5, 0.6) is 5.75 Å². The molecule has 2 aromatic rings. The molecule has 0 bridgehead atoms. The smallest absolute Gasteiger partial charge is 0.232 e. The highest BCUT2D eigenvalue weighted by atomic mass is 16.5. The van der Waals surface area contributed by atoms with Crippen molar-refractivity contribution in [3.63, 3.8) is 0 Å². The van der Waals surface area contributed by atoms with Crippen LogP contribution in [0.2, 0.25) is 0 Å². The Hall–Kier alpha value is -2.79. The molecule has 2 atom stereocenters. The van der Waals surface area contributed by atoms with Gasteiger partial charge in [0.25, 0.3) is 0 Å². The van der Waals surface area contributed by atoms with Gasteiger partial charge in [0.05, 0.1) is 19.7 Å². The Balaban J connectivity index is 1.76. The molecule has 2 aromatic carbocycles. The third kappa shape index (κ3) is 2.43. The van der Waals surface area contributed by atoms with E-state index >= 15 is 0 Å². The summed E-state index contributed by atoms with van der Waals surface area (Å²) in [6.07, 6.45) is 2.00. The van der Waals surface area contributed by atoms with Crippen molar-refractivity contribution in [1.82, 2.24) is 10.6 Å². The van der Waals surface area contributed by atoms with E-state index in [-0.39, 0.29) is 18.0 Å². The molecule has 1 amide bonds. The van der Waals surface area contributed by atoms with Crippen molar-refractivity contribution in [3.05, 3.63) is 66.4 Å². The summed E-state index contributed by atoms with van der Waals surface area (Å²) < 4.78 is 5.23. The number of nitrogens with one attached hydrogen (secondary N) is 2. The Morgan fingerprint density at radius 2 is 1.83 bits per heavy atom. The van der Waals surface area contributed by atoms with Gasteiger partial charge in [0.15, 0.2) is 0 Å². The standard InChI is InChI=1S/C19H19N3O2/c1-24-15-9-7-13(8-10-15)16-11-22(14-5-3-2-4-6-14)18-17(16)19(23)21-12-20-18/h2-11,17-18,20H,12H2,1H3,(H,21,23). The van der Waals surface area contributed by atoms with E-state index in [1.807, 2.05) is 42.5 Å². The molecule has 122 valence electrons. The van der Waals surface area contributed by atoms with Crippen LogP contribution in [-0.4, -0.2) is 25.9 Å². The van der Waals surface area contributed by atoms with E-state index in [0.29, 0.717) is 6.67 Å². The van der Waals surface area contributed by atoms with E-state index in [2.05, 4.69) is 33.9 Å². The first-order valence-electron chi connectivity index (χ1n) is 7.98. The molecule has 5 nitrogen and oxygen atoms in total. The Kier molecular flexibility index (Phi) is 3.70. The molecule has 4 rings (SSSR count). The predicted octanol–water partition coefficient (Wildman–Crippen LogP) is 2.18. The molecule has 0 aliphatic carbocycles. The van der Waals surface area contributed by atoms with Crippen LogP contribution in [0.15, 0.2) is 60.8 Å². The van der Waals surface area contributed by atoms with Gasteiger partial charge in [-0.05, 0) is 35.4 Å². The number of ether oxygens (including phenoxy) is 1. The topological polar surface area (TPSA) is 53.6 Å². The molecule has 1 fully saturated rings. The second kappa shape index (κ2) is 6.02. The van der Waals surface area contributed by atoms with Gasteiger partial charge in [0.1, 0.15) is 11.9 Å². The van der Waals surface area contributed by atoms with Gasteiger partial charge in [-0.3, -0.25) is 10.1 Å². The third-order valence-electron chi connectivity index (χ3n) is 4.56. The number of fused-ring (bicyclic) bond motifs is 1. The maximum atomic E-state index is 12.5. The third-order valence-corrected chi connectivity index (χ3v) is 4.56. The zero-order valence-electron chi connectivity index (χ0n) is 13.4. The Morgan fingerprint density at radius 3 is 2.54 bits per heavy atom. The number of amides is 1. The molecule has 24 heavy (non-hydrogen) atoms. The fourth-order valence-corrected chi connectivity index (χ4v) is 3.37. The fourth-order valence-electron chi connectivity index (χ4n) is 3.37. The van der Waals surface area contributed by atoms with E-state index in [9.17, 15) is 4.79 Å². The number of hydrogen-bond donors (Lipinski definition) is 2. The zero-order chi connectivity index (χ0) is 16.5. The summed E-state index contributed by atoms with van der Waals surface area (Å²) in [6, 6.07) is 18.0. The molecular weight excluding hydrogens is 302 g/mol. The number of carbonyl (C=O) groups excluding carboxylic acids is 1. The Bertz CT molecular complexity index is 771. The van der Waals surface area contributed by atoms with Gasteiger partial charge in [0.2, 0.25) is 5.91 Å². The van der Waals surface area contributed by atoms with E-state index in [0.717, 1.165) is 22.6 Å². The first kappa shape index (κ1) is 14.8. The van der Waals surface area contributed by atoms with Gasteiger partial charge in [-0.1, -0.05) is 30.3 Å². The Labute approximate surface area is 140 Å². The maximum absolute atomic E-state index is 12.5. The summed E-state index contributed by atoms with van der Waals surface area (Å²) in [4.78, 5) is 14.7. The van der Waals surface area contributed by atoms with Gasteiger partial charge in [-0.25, -0.2) is 0 Å². The van der Waals surface area contributed by atoms with Gasteiger partial charge in [0, 0.05) is 11.9 Å². The maximum Gasteiger partial charge on any atom is 0.232 e. The van der Waals surface area contributed by atoms with E-state index in [4.69, 9.17) is 4.74 Å². The number of rotatable bonds is 3. The average molecular weight is 321 g/mol. The van der Waals surface area contributed by atoms with Crippen molar-refractivity contribution in [2.45, 2.75) is 6.17 Å². The van der Waals surface area contributed by atoms with Crippen LogP contribution >= 0.6 is 0 Å². The van der Waals surface area contributed by atoms with Crippen molar-refractivity contribution >= 4 is 17.2 Å². The first-order chi connectivity index (χ1) is 11.8. The summed E-state index contributed by atoms with van der Waals surface area (Å²) in [5.74, 6) is 0.617. The van der Waals surface area contributed by atoms with Crippen LogP contribution in [0.25, 0.3) is 5.57 Å². The van der Waals surface area contributed by atoms with Crippen LogP contribution < -0.4 is 20.3 Å². The molecule has 2 aliphatic rings. The first-order valence-corrected chi connectivity index (χ1v) is 7.98. The summed E-state index contributed by atoms with van der Waals surface area (Å²) in [5.41, 5.74) is 3.11. The SMILES string of the molecule is COc1ccc(C2=CN(c3ccccc3)C3NCNC(=O)C23)cc1. The van der Waals surface area contributed by atoms with E-state index in [1.165, 1.54) is 0 Å². The molecule has 0 aromatic heterocycles. The molecule has 2 heterocycles. The van der Waals surface area contributed by atoms with Gasteiger partial charge < -0.3 is 15.0 Å². The summed E-state index contributed by atoms with van der Waals surface area (Å²) in [6.45, 7) is 0.479. The van der Waals surface area contributed by atoms with Crippen molar-refractivity contribution in [1.29, 1.82) is 0 Å². The normalized spacial score (nSPS) is 22.6. The fraction of sp³-hybridized carbons (Fsp3) is 0.211. The second-order valence-electron chi connectivity index (χ2n) is 5.90. The van der Waals surface area contributed by atoms with Crippen LogP contribution in [0, 0.1) is 5.92 Å². The van der Waals surface area contributed by atoms with Crippen molar-refractivity contribution in [2.75, 3.05) is 18.7 Å². The van der Waals surface area contributed by atoms with Crippen LogP contribution in [0.4, 0.5) is 5.69 Å². The van der Waals surface area contributed by atoms with Crippen molar-refractivity contribution in [3.8, 4) is 5.75 Å². The number of carbonyl (C=O) groups is 1. The zero-order valence-corrected chi connectivity index (χ0v) is 13.4. The highest BCUT2D eigenvalue weighted by Crippen LogP contribution is 2.38. The highest BCUT2D eigenvalue weighted by molar-refractivity contribution is 5.96. The van der Waals surface area contributed by atoms with Crippen LogP contribution in [-0.2, 0) is 4.79 Å². The number of para-hydroxylation sites is 1. The lowest BCUT2D eigenvalue weighted by atomic mass is 9.91. The summed E-state index contributed by atoms with van der Waals surface area (Å²) >= 11 is 0. The Morgan fingerprint density at radius 1 is 1.08 bits per heavy atom. The lowest BCUT2D eigenvalue weighted by molar-refractivity contribution is -0.125. The number of nitrogens with zero attached hydrogens (tertiary/aromatic N) is 1. The van der Waals surface area contributed by atoms with Gasteiger partial charge in [-0.15, -0.1) is 0 Å². The molecule has 2 aliphatic heterocycles. The van der Waals surface area contributed by atoms with Crippen LogP contribution in [0.3, 0.4) is 0 Å². The lowest BCUT2D eigenvalue weighted by Gasteiger charge is -2.34. The monoisotopic (exact) mass is 321 g/mol. The lowest BCUT2D eigenvalue weighted by Crippen LogP contribution is -2.58. The van der Waals surface area contributed by atoms with Crippen LogP contribution in [0.1, 0.15) is 5.56 Å². The second-order valence-corrected chi connectivity index (χ2v) is 5.90. The molecular formula is C19H19N3O2. The van der Waals surface area contributed by atoms with Gasteiger partial charge in [-0.2, -0.15) is 0 Å². The number of methoxy groups -OCH3 is 1. The summed E-state index contributed by atoms with van der Waals surface area (Å²) in [5, 5.41) is 6.31. The molecule has 2 N–H and O–H groups in total. The minimum Gasteiger partial charge on any atom is -0.497 e. The quantitative estimate of drug-likeness (QED) is 0.910. The van der Waals surface area contributed by atoms with Crippen molar-refractivity contribution in [2.24, 2.45) is 5.92 Å². The average Bonchev–Trinajstić information content (AvgIpc) is 3.04. The minimum absolute atomic E-state index is 0.0549. The molecule has 2 unspecified atom stereocenters. The molecule has 5 heteroatoms. The number of anilines is 1. The minimum atomic E-state index is -0.243. The number of benzene rings is 2. The van der Waals surface area contributed by atoms with Gasteiger partial charge >= 0.3 is 0 Å².